The molecule has 3 rings (SSSR count). The Morgan fingerprint density at radius 3 is 2.64 bits per heavy atom. The van der Waals surface area contributed by atoms with Crippen molar-refractivity contribution >= 4 is 23.4 Å². The summed E-state index contributed by atoms with van der Waals surface area (Å²) in [7, 11) is 0. The zero-order valence-electron chi connectivity index (χ0n) is 17.1. The molecule has 0 radical (unpaired) electrons. The quantitative estimate of drug-likeness (QED) is 0.610. The van der Waals surface area contributed by atoms with Gasteiger partial charge in [0.25, 0.3) is 5.91 Å². The first kappa shape index (κ1) is 19.7. The summed E-state index contributed by atoms with van der Waals surface area (Å²) in [4.78, 5) is 14.6. The standard InChI is InChI=1S/C23H27N3O2/c1-6-26-20-11-15(2)17(12-19(20)16(3)13-23(26,4)5)14-24-25-22(28)18-9-7-8-10-21(18)27/h7-14,27H,6H2,1-5H3,(H,25,28)/b24-14-. The number of nitrogens with one attached hydrogen (secondary N) is 1. The molecule has 0 unspecified atom stereocenters. The van der Waals surface area contributed by atoms with Crippen molar-refractivity contribution in [3.05, 3.63) is 64.7 Å². The van der Waals surface area contributed by atoms with Crippen molar-refractivity contribution in [2.45, 2.75) is 40.2 Å². The second-order valence-corrected chi connectivity index (χ2v) is 7.67. The van der Waals surface area contributed by atoms with Crippen LogP contribution in [0.25, 0.3) is 5.57 Å². The number of anilines is 1. The summed E-state index contributed by atoms with van der Waals surface area (Å²) in [6, 6.07) is 10.7. The average Bonchev–Trinajstić information content (AvgIpc) is 2.62. The van der Waals surface area contributed by atoms with Crippen LogP contribution in [0, 0.1) is 6.92 Å². The Balaban J connectivity index is 1.87. The van der Waals surface area contributed by atoms with Gasteiger partial charge in [-0.25, -0.2) is 5.43 Å². The number of rotatable bonds is 4. The van der Waals surface area contributed by atoms with Crippen LogP contribution in [-0.4, -0.2) is 29.3 Å². The van der Waals surface area contributed by atoms with Crippen LogP contribution in [0.3, 0.4) is 0 Å². The number of hydrogen-bond donors (Lipinski definition) is 2. The topological polar surface area (TPSA) is 64.9 Å². The van der Waals surface area contributed by atoms with Gasteiger partial charge in [0, 0.05) is 17.8 Å². The number of benzene rings is 2. The predicted octanol–water partition coefficient (Wildman–Crippen LogP) is 4.49. The summed E-state index contributed by atoms with van der Waals surface area (Å²) in [5, 5.41) is 13.9. The minimum atomic E-state index is -0.444. The van der Waals surface area contributed by atoms with Gasteiger partial charge in [-0.2, -0.15) is 5.10 Å². The first-order chi connectivity index (χ1) is 13.2. The van der Waals surface area contributed by atoms with Crippen LogP contribution in [0.2, 0.25) is 0 Å². The molecule has 5 heteroatoms. The van der Waals surface area contributed by atoms with E-state index in [1.807, 2.05) is 6.92 Å². The van der Waals surface area contributed by atoms with Crippen LogP contribution >= 0.6 is 0 Å². The molecule has 0 saturated heterocycles. The van der Waals surface area contributed by atoms with Gasteiger partial charge in [0.1, 0.15) is 5.75 Å². The molecule has 0 spiro atoms. The predicted molar refractivity (Wildman–Crippen MR) is 115 cm³/mol. The lowest BCUT2D eigenvalue weighted by Gasteiger charge is -2.43. The molecule has 0 aromatic heterocycles. The Kier molecular flexibility index (Phi) is 5.27. The molecule has 2 aromatic rings. The second-order valence-electron chi connectivity index (χ2n) is 7.67. The third-order valence-electron chi connectivity index (χ3n) is 5.20. The highest BCUT2D eigenvalue weighted by Gasteiger charge is 2.30. The first-order valence-corrected chi connectivity index (χ1v) is 9.48. The van der Waals surface area contributed by atoms with Crippen LogP contribution < -0.4 is 10.3 Å². The minimum absolute atomic E-state index is 0.0282. The van der Waals surface area contributed by atoms with Crippen molar-refractivity contribution in [1.82, 2.24) is 5.43 Å². The van der Waals surface area contributed by atoms with Crippen molar-refractivity contribution in [3.63, 3.8) is 0 Å². The molecule has 1 amide bonds. The van der Waals surface area contributed by atoms with Crippen molar-refractivity contribution in [1.29, 1.82) is 0 Å². The lowest BCUT2D eigenvalue weighted by Crippen LogP contribution is -2.45. The number of nitrogens with zero attached hydrogens (tertiary/aromatic N) is 2. The van der Waals surface area contributed by atoms with Gasteiger partial charge >= 0.3 is 0 Å². The molecule has 0 atom stereocenters. The summed E-state index contributed by atoms with van der Waals surface area (Å²) < 4.78 is 0. The fourth-order valence-electron chi connectivity index (χ4n) is 3.85. The minimum Gasteiger partial charge on any atom is -0.507 e. The van der Waals surface area contributed by atoms with Gasteiger partial charge in [-0.3, -0.25) is 4.79 Å². The Hall–Kier alpha value is -3.08. The summed E-state index contributed by atoms with van der Waals surface area (Å²) in [6.07, 6.45) is 3.94. The van der Waals surface area contributed by atoms with E-state index in [1.165, 1.54) is 22.9 Å². The lowest BCUT2D eigenvalue weighted by molar-refractivity contribution is 0.0952. The molecule has 0 fully saturated rings. The Bertz CT molecular complexity index is 974. The normalized spacial score (nSPS) is 15.3. The number of phenolic OH excluding ortho intramolecular Hbond substituents is 1. The summed E-state index contributed by atoms with van der Waals surface area (Å²) >= 11 is 0. The van der Waals surface area contributed by atoms with Gasteiger partial charge in [-0.05, 0) is 75.6 Å². The molecule has 1 heterocycles. The Morgan fingerprint density at radius 2 is 1.96 bits per heavy atom. The zero-order valence-corrected chi connectivity index (χ0v) is 17.1. The van der Waals surface area contributed by atoms with Crippen LogP contribution in [0.15, 0.2) is 47.6 Å². The molecule has 5 nitrogen and oxygen atoms in total. The van der Waals surface area contributed by atoms with E-state index < -0.39 is 5.91 Å². The lowest BCUT2D eigenvalue weighted by atomic mass is 9.87. The molecule has 1 aliphatic rings. The van der Waals surface area contributed by atoms with Crippen LogP contribution in [0.5, 0.6) is 5.75 Å². The van der Waals surface area contributed by atoms with Crippen molar-refractivity contribution in [2.75, 3.05) is 11.4 Å². The molecule has 2 N–H and O–H groups in total. The molecule has 1 aliphatic heterocycles. The highest BCUT2D eigenvalue weighted by atomic mass is 16.3. The third-order valence-corrected chi connectivity index (χ3v) is 5.20. The van der Waals surface area contributed by atoms with E-state index in [0.29, 0.717) is 0 Å². The van der Waals surface area contributed by atoms with E-state index in [1.54, 1.807) is 24.4 Å². The number of aryl methyl sites for hydroxylation is 1. The van der Waals surface area contributed by atoms with Gasteiger partial charge in [0.2, 0.25) is 0 Å². The molecule has 2 aromatic carbocycles. The summed E-state index contributed by atoms with van der Waals surface area (Å²) in [5.41, 5.74) is 8.32. The van der Waals surface area contributed by atoms with E-state index in [2.05, 4.69) is 61.3 Å². The molecular formula is C23H27N3O2. The van der Waals surface area contributed by atoms with Crippen molar-refractivity contribution < 1.29 is 9.90 Å². The van der Waals surface area contributed by atoms with Gasteiger partial charge in [0.05, 0.1) is 17.3 Å². The van der Waals surface area contributed by atoms with Crippen molar-refractivity contribution in [3.8, 4) is 5.75 Å². The summed E-state index contributed by atoms with van der Waals surface area (Å²) in [5.74, 6) is -0.511. The maximum atomic E-state index is 12.2. The SMILES string of the molecule is CCN1c2cc(C)c(/C=N\NC(=O)c3ccccc3O)cc2C(C)=CC1(C)C. The molecular weight excluding hydrogens is 350 g/mol. The summed E-state index contributed by atoms with van der Waals surface area (Å²) in [6.45, 7) is 11.7. The fraction of sp³-hybridized carbons (Fsp3) is 0.304. The van der Waals surface area contributed by atoms with E-state index >= 15 is 0 Å². The molecule has 28 heavy (non-hydrogen) atoms. The number of hydrazone groups is 1. The third kappa shape index (κ3) is 3.65. The molecule has 0 aliphatic carbocycles. The Morgan fingerprint density at radius 1 is 1.25 bits per heavy atom. The maximum absolute atomic E-state index is 12.2. The maximum Gasteiger partial charge on any atom is 0.275 e. The van der Waals surface area contributed by atoms with Crippen LogP contribution in [0.1, 0.15) is 54.7 Å². The number of fused-ring (bicyclic) bond motifs is 1. The molecule has 0 bridgehead atoms. The number of phenols is 1. The fourth-order valence-corrected chi connectivity index (χ4v) is 3.85. The van der Waals surface area contributed by atoms with Gasteiger partial charge < -0.3 is 10.0 Å². The largest absolute Gasteiger partial charge is 0.507 e. The van der Waals surface area contributed by atoms with Gasteiger partial charge in [-0.15, -0.1) is 0 Å². The van der Waals surface area contributed by atoms with Gasteiger partial charge in [0.15, 0.2) is 0 Å². The number of likely N-dealkylation sites (N-methyl/N-ethyl adjacent to an activating group) is 1. The smallest absolute Gasteiger partial charge is 0.275 e. The number of carbonyl (C=O) groups is 1. The monoisotopic (exact) mass is 377 g/mol. The van der Waals surface area contributed by atoms with E-state index in [0.717, 1.165) is 17.7 Å². The number of hydrogen-bond acceptors (Lipinski definition) is 4. The second kappa shape index (κ2) is 7.50. The number of allylic oxidation sites excluding steroid dienone is 1. The van der Waals surface area contributed by atoms with Crippen molar-refractivity contribution in [2.24, 2.45) is 5.10 Å². The highest BCUT2D eigenvalue weighted by Crippen LogP contribution is 2.39. The van der Waals surface area contributed by atoms with Crippen LogP contribution in [-0.2, 0) is 0 Å². The first-order valence-electron chi connectivity index (χ1n) is 9.48. The number of carbonyl (C=O) groups excluding carboxylic acids is 1. The highest BCUT2D eigenvalue weighted by molar-refractivity contribution is 5.97. The van der Waals surface area contributed by atoms with E-state index in [4.69, 9.17) is 0 Å². The van der Waals surface area contributed by atoms with E-state index in [-0.39, 0.29) is 16.9 Å². The number of aromatic hydroxyl groups is 1. The van der Waals surface area contributed by atoms with Crippen LogP contribution in [0.4, 0.5) is 5.69 Å². The van der Waals surface area contributed by atoms with E-state index in [9.17, 15) is 9.90 Å². The Labute approximate surface area is 166 Å². The average molecular weight is 377 g/mol. The molecule has 146 valence electrons. The van der Waals surface area contributed by atoms with Gasteiger partial charge in [-0.1, -0.05) is 18.2 Å². The number of para-hydroxylation sites is 1. The number of amides is 1. The molecule has 0 saturated carbocycles. The zero-order chi connectivity index (χ0) is 20.5.